The first-order valence-electron chi connectivity index (χ1n) is 36.4. The van der Waals surface area contributed by atoms with Gasteiger partial charge in [0.15, 0.2) is 12.6 Å². The van der Waals surface area contributed by atoms with Crippen molar-refractivity contribution in [3.63, 3.8) is 0 Å². The van der Waals surface area contributed by atoms with E-state index >= 15 is 0 Å². The van der Waals surface area contributed by atoms with Crippen molar-refractivity contribution in [2.75, 3.05) is 65.9 Å². The fraction of sp³-hybridized carbons (Fsp3) is 0.868. The van der Waals surface area contributed by atoms with Crippen LogP contribution in [0.4, 0.5) is 0 Å². The second-order valence-corrected chi connectivity index (χ2v) is 28.2. The van der Waals surface area contributed by atoms with Crippen LogP contribution in [0.3, 0.4) is 0 Å². The van der Waals surface area contributed by atoms with Crippen molar-refractivity contribution in [2.45, 2.75) is 298 Å². The minimum absolute atomic E-state index is 0.106. The lowest BCUT2D eigenvalue weighted by Crippen LogP contribution is -2.64. The number of rotatable bonds is 46. The Morgan fingerprint density at radius 2 is 0.853 bits per heavy atom. The molecule has 0 aromatic heterocycles. The number of ether oxygens (including phenoxy) is 6. The van der Waals surface area contributed by atoms with Crippen LogP contribution in [0.25, 0.3) is 0 Å². The van der Waals surface area contributed by atoms with E-state index in [9.17, 15) is 94.2 Å². The summed E-state index contributed by atoms with van der Waals surface area (Å²) in [5, 5.41) is 126. The van der Waals surface area contributed by atoms with E-state index in [1.165, 1.54) is 20.8 Å². The maximum absolute atomic E-state index is 14.0. The molecule has 588 valence electrons. The fourth-order valence-electron chi connectivity index (χ4n) is 12.7. The molecule has 4 fully saturated rings. The summed E-state index contributed by atoms with van der Waals surface area (Å²) in [6.45, 7) is 8.47. The van der Waals surface area contributed by atoms with Gasteiger partial charge in [-0.25, -0.2) is 0 Å². The monoisotopic (exact) mass is 1460 g/mol. The van der Waals surface area contributed by atoms with Gasteiger partial charge >= 0.3 is 0 Å². The van der Waals surface area contributed by atoms with E-state index in [1.54, 1.807) is 0 Å². The average molecular weight is 1460 g/mol. The van der Waals surface area contributed by atoms with Gasteiger partial charge < -0.3 is 127 Å². The summed E-state index contributed by atoms with van der Waals surface area (Å²) in [4.78, 5) is 118. The zero-order valence-electron chi connectivity index (χ0n) is 60.3. The molecule has 19 N–H and O–H groups in total. The van der Waals surface area contributed by atoms with Gasteiger partial charge in [0, 0.05) is 72.4 Å². The van der Waals surface area contributed by atoms with Crippen LogP contribution in [0.5, 0.6) is 0 Å². The largest absolute Gasteiger partial charge is 0.394 e. The maximum Gasteiger partial charge on any atom is 0.245 e. The first kappa shape index (κ1) is 89.0. The Hall–Kier alpha value is -5.41. The zero-order chi connectivity index (χ0) is 75.5. The van der Waals surface area contributed by atoms with Gasteiger partial charge in [-0.05, 0) is 104 Å². The SMILES string of the molecule is CC(=O)NC1C(CCCCCCCNC(=O)C(CCC(=O)NCCCCCCOC2OC(CO)C(O)C(O)C2NC(C)=O)NC(=O)CCC(NC(=O)C(CO)NC(=O)C2CCC(COC(C)(C)C)CC2)C(=O)NCCCCCCOC2OC(CO)C(O)C(O)C2NC(C)=O)OC(CO)C(O)C1O. The zero-order valence-corrected chi connectivity index (χ0v) is 60.3. The normalized spacial score (nSPS) is 28.3. The van der Waals surface area contributed by atoms with Crippen molar-refractivity contribution in [1.82, 2.24) is 47.9 Å². The van der Waals surface area contributed by atoms with Gasteiger partial charge in [-0.3, -0.25) is 43.2 Å². The van der Waals surface area contributed by atoms with E-state index in [1.807, 2.05) is 20.8 Å². The molecule has 18 unspecified atom stereocenters. The second-order valence-electron chi connectivity index (χ2n) is 28.2. The average Bonchev–Trinajstić information content (AvgIpc) is 0.820. The van der Waals surface area contributed by atoms with Gasteiger partial charge in [-0.2, -0.15) is 0 Å². The second kappa shape index (κ2) is 47.2. The molecule has 0 bridgehead atoms. The first-order valence-corrected chi connectivity index (χ1v) is 36.4. The molecular formula is C68H121N9O25. The van der Waals surface area contributed by atoms with Crippen LogP contribution in [-0.2, 0) is 71.6 Å². The predicted molar refractivity (Wildman–Crippen MR) is 364 cm³/mol. The minimum Gasteiger partial charge on any atom is -0.394 e. The number of carbonyl (C=O) groups excluding carboxylic acids is 9. The van der Waals surface area contributed by atoms with Crippen molar-refractivity contribution >= 4 is 53.2 Å². The van der Waals surface area contributed by atoms with E-state index in [0.717, 1.165) is 0 Å². The maximum atomic E-state index is 14.0. The number of hydrogen-bond acceptors (Lipinski definition) is 25. The van der Waals surface area contributed by atoms with Gasteiger partial charge in [-0.1, -0.05) is 51.4 Å². The number of hydrogen-bond donors (Lipinski definition) is 19. The summed E-state index contributed by atoms with van der Waals surface area (Å²) >= 11 is 0. The highest BCUT2D eigenvalue weighted by Gasteiger charge is 2.48. The first-order chi connectivity index (χ1) is 48.5. The smallest absolute Gasteiger partial charge is 0.245 e. The van der Waals surface area contributed by atoms with Crippen LogP contribution in [0, 0.1) is 11.8 Å². The molecule has 1 aliphatic carbocycles. The number of aliphatic hydroxyl groups excluding tert-OH is 10. The topological polar surface area (TPSA) is 520 Å². The third kappa shape index (κ3) is 31.7. The van der Waals surface area contributed by atoms with Gasteiger partial charge in [0.1, 0.15) is 85.1 Å². The fourth-order valence-corrected chi connectivity index (χ4v) is 12.7. The summed E-state index contributed by atoms with van der Waals surface area (Å²) in [6.07, 6.45) is -5.43. The van der Waals surface area contributed by atoms with Crippen molar-refractivity contribution in [3.05, 3.63) is 0 Å². The summed E-state index contributed by atoms with van der Waals surface area (Å²) in [5.74, 6) is -5.33. The third-order valence-corrected chi connectivity index (χ3v) is 18.6. The molecule has 0 radical (unpaired) electrons. The van der Waals surface area contributed by atoms with Crippen LogP contribution >= 0.6 is 0 Å². The Labute approximate surface area is 597 Å². The molecular weight excluding hydrogens is 1340 g/mol. The molecule has 18 atom stereocenters. The molecule has 3 saturated heterocycles. The number of nitrogens with one attached hydrogen (secondary N) is 9. The summed E-state index contributed by atoms with van der Waals surface area (Å²) in [5.41, 5.74) is -0.324. The lowest BCUT2D eigenvalue weighted by molar-refractivity contribution is -0.270. The number of amides is 9. The van der Waals surface area contributed by atoms with E-state index < -0.39 is 202 Å². The molecule has 0 aromatic carbocycles. The highest BCUT2D eigenvalue weighted by Crippen LogP contribution is 2.31. The van der Waals surface area contributed by atoms with Crippen molar-refractivity contribution in [1.29, 1.82) is 0 Å². The van der Waals surface area contributed by atoms with Crippen LogP contribution in [0.15, 0.2) is 0 Å². The summed E-state index contributed by atoms with van der Waals surface area (Å²) < 4.78 is 34.6. The summed E-state index contributed by atoms with van der Waals surface area (Å²) in [6, 6.07) is -7.17. The van der Waals surface area contributed by atoms with Gasteiger partial charge in [-0.15, -0.1) is 0 Å². The van der Waals surface area contributed by atoms with Crippen LogP contribution < -0.4 is 47.9 Å². The highest BCUT2D eigenvalue weighted by atomic mass is 16.7. The molecule has 34 heteroatoms. The number of aliphatic hydroxyl groups is 10. The van der Waals surface area contributed by atoms with Gasteiger partial charge in [0.2, 0.25) is 53.2 Å². The van der Waals surface area contributed by atoms with Crippen molar-refractivity contribution in [2.24, 2.45) is 11.8 Å². The number of unbranched alkanes of at least 4 members (excludes halogenated alkanes) is 10. The van der Waals surface area contributed by atoms with E-state index in [4.69, 9.17) is 28.4 Å². The van der Waals surface area contributed by atoms with Gasteiger partial charge in [0.25, 0.3) is 0 Å². The molecule has 102 heavy (non-hydrogen) atoms. The number of carbonyl (C=O) groups is 9. The minimum atomic E-state index is -1.48. The Balaban J connectivity index is 1.38. The van der Waals surface area contributed by atoms with Crippen LogP contribution in [-0.4, -0.2) is 286 Å². The van der Waals surface area contributed by atoms with Crippen molar-refractivity contribution < 1.29 is 123 Å². The van der Waals surface area contributed by atoms with Crippen LogP contribution in [0.1, 0.15) is 183 Å². The Kier molecular flexibility index (Phi) is 41.2. The lowest BCUT2D eigenvalue weighted by atomic mass is 9.82. The summed E-state index contributed by atoms with van der Waals surface area (Å²) in [7, 11) is 0. The molecule has 34 nitrogen and oxygen atoms in total. The standard InChI is InChI=1S/C68H121N9O25/c1-39(82)72-53-47(100-48(35-79)56(87)59(53)90)20-14-8-7-9-16-30-70-63(94)44(25-27-51(85)69-29-15-10-12-18-32-97-66-54(73-40(2)83)60(91)57(88)49(36-80)101-66)75-52(86)28-26-45(76-65(96)46(34-78)77-62(93)43-23-21-42(22-24-43)38-99-68(4,5)6)64(95)71-31-17-11-13-19-33-98-67-55(74-41(3)84)61(92)58(89)50(37-81)102-67/h42-50,53-61,66-67,78-81,87-92H,7-38H2,1-6H3,(H,69,85)(H,70,94)(H,71,95)(H,72,82)(H,73,83)(H,74,84)(H,75,86)(H,76,96)(H,77,93). The lowest BCUT2D eigenvalue weighted by Gasteiger charge is -2.42. The quantitative estimate of drug-likeness (QED) is 0.0261. The van der Waals surface area contributed by atoms with Crippen LogP contribution in [0.2, 0.25) is 0 Å². The van der Waals surface area contributed by atoms with Crippen molar-refractivity contribution in [3.8, 4) is 0 Å². The highest BCUT2D eigenvalue weighted by molar-refractivity contribution is 5.93. The molecule has 4 aliphatic rings. The van der Waals surface area contributed by atoms with E-state index in [2.05, 4.69) is 47.9 Å². The predicted octanol–water partition coefficient (Wildman–Crippen LogP) is -3.67. The molecule has 0 aromatic rings. The third-order valence-electron chi connectivity index (χ3n) is 18.6. The molecule has 0 spiro atoms. The molecule has 4 rings (SSSR count). The Morgan fingerprint density at radius 3 is 1.31 bits per heavy atom. The Morgan fingerprint density at radius 1 is 0.441 bits per heavy atom. The van der Waals surface area contributed by atoms with E-state index in [0.29, 0.717) is 122 Å². The molecule has 9 amide bonds. The molecule has 3 aliphatic heterocycles. The van der Waals surface area contributed by atoms with E-state index in [-0.39, 0.29) is 63.6 Å². The Bertz CT molecular complexity index is 2530. The van der Waals surface area contributed by atoms with Gasteiger partial charge in [0.05, 0.1) is 50.8 Å². The molecule has 3 heterocycles. The molecule has 1 saturated carbocycles.